The van der Waals surface area contributed by atoms with Crippen LogP contribution in [0.25, 0.3) is 22.0 Å². The van der Waals surface area contributed by atoms with Gasteiger partial charge in [-0.15, -0.1) is 0 Å². The van der Waals surface area contributed by atoms with Crippen molar-refractivity contribution >= 4 is 16.5 Å². The van der Waals surface area contributed by atoms with Crippen molar-refractivity contribution in [1.29, 1.82) is 0 Å². The van der Waals surface area contributed by atoms with E-state index in [-0.39, 0.29) is 17.8 Å². The Morgan fingerprint density at radius 1 is 0.889 bits per heavy atom. The zero-order chi connectivity index (χ0) is 18.8. The number of benzene rings is 3. The van der Waals surface area contributed by atoms with Crippen molar-refractivity contribution in [3.63, 3.8) is 0 Å². The molecule has 6 nitrogen and oxygen atoms in total. The Labute approximate surface area is 154 Å². The number of aromatic nitrogens is 2. The SMILES string of the molecule is O=c1ccc(-c2ccc3ccccc3c2)nn1Cc1ccc([N+](=O)[O-])cc1. The van der Waals surface area contributed by atoms with Crippen molar-refractivity contribution in [2.24, 2.45) is 0 Å². The molecule has 0 saturated carbocycles. The zero-order valence-corrected chi connectivity index (χ0v) is 14.3. The minimum atomic E-state index is -0.450. The molecule has 1 aromatic heterocycles. The summed E-state index contributed by atoms with van der Waals surface area (Å²) in [7, 11) is 0. The van der Waals surface area contributed by atoms with Gasteiger partial charge in [-0.3, -0.25) is 14.9 Å². The topological polar surface area (TPSA) is 78.0 Å². The highest BCUT2D eigenvalue weighted by atomic mass is 16.6. The average molecular weight is 357 g/mol. The van der Waals surface area contributed by atoms with E-state index in [1.807, 2.05) is 42.5 Å². The number of non-ortho nitro benzene ring substituents is 1. The van der Waals surface area contributed by atoms with E-state index in [1.165, 1.54) is 22.9 Å². The predicted octanol–water partition coefficient (Wildman–Crippen LogP) is 4.02. The van der Waals surface area contributed by atoms with Crippen LogP contribution in [0.4, 0.5) is 5.69 Å². The van der Waals surface area contributed by atoms with Crippen LogP contribution in [0, 0.1) is 10.1 Å². The fraction of sp³-hybridized carbons (Fsp3) is 0.0476. The highest BCUT2D eigenvalue weighted by Gasteiger charge is 2.08. The quantitative estimate of drug-likeness (QED) is 0.408. The summed E-state index contributed by atoms with van der Waals surface area (Å²) in [6, 6.07) is 23.4. The van der Waals surface area contributed by atoms with Crippen molar-refractivity contribution < 1.29 is 4.92 Å². The molecule has 0 fully saturated rings. The molecule has 0 N–H and O–H groups in total. The molecule has 132 valence electrons. The number of hydrogen-bond donors (Lipinski definition) is 0. The summed E-state index contributed by atoms with van der Waals surface area (Å²) >= 11 is 0. The van der Waals surface area contributed by atoms with Crippen LogP contribution in [0.2, 0.25) is 0 Å². The normalized spacial score (nSPS) is 10.8. The Hall–Kier alpha value is -3.80. The van der Waals surface area contributed by atoms with E-state index in [0.717, 1.165) is 21.9 Å². The maximum Gasteiger partial charge on any atom is 0.269 e. The van der Waals surface area contributed by atoms with E-state index in [0.29, 0.717) is 5.69 Å². The Morgan fingerprint density at radius 2 is 1.63 bits per heavy atom. The van der Waals surface area contributed by atoms with Crippen LogP contribution < -0.4 is 5.56 Å². The molecule has 27 heavy (non-hydrogen) atoms. The van der Waals surface area contributed by atoms with Crippen molar-refractivity contribution in [3.8, 4) is 11.3 Å². The molecule has 0 radical (unpaired) electrons. The molecule has 0 aliphatic carbocycles. The molecule has 0 spiro atoms. The Bertz CT molecular complexity index is 1200. The van der Waals surface area contributed by atoms with Gasteiger partial charge in [0.15, 0.2) is 0 Å². The minimum absolute atomic E-state index is 0.0176. The zero-order valence-electron chi connectivity index (χ0n) is 14.3. The Balaban J connectivity index is 1.68. The minimum Gasteiger partial charge on any atom is -0.268 e. The highest BCUT2D eigenvalue weighted by Crippen LogP contribution is 2.22. The molecular weight excluding hydrogens is 342 g/mol. The third-order valence-electron chi connectivity index (χ3n) is 4.39. The molecule has 4 rings (SSSR count). The van der Waals surface area contributed by atoms with E-state index < -0.39 is 4.92 Å². The molecule has 0 atom stereocenters. The summed E-state index contributed by atoms with van der Waals surface area (Å²) in [5.74, 6) is 0. The second kappa shape index (κ2) is 6.84. The molecule has 3 aromatic carbocycles. The average Bonchev–Trinajstić information content (AvgIpc) is 2.69. The van der Waals surface area contributed by atoms with Crippen molar-refractivity contribution in [1.82, 2.24) is 9.78 Å². The van der Waals surface area contributed by atoms with Gasteiger partial charge in [0.05, 0.1) is 17.2 Å². The van der Waals surface area contributed by atoms with Crippen LogP contribution in [-0.4, -0.2) is 14.7 Å². The van der Waals surface area contributed by atoms with Crippen LogP contribution in [0.1, 0.15) is 5.56 Å². The van der Waals surface area contributed by atoms with Gasteiger partial charge < -0.3 is 0 Å². The third kappa shape index (κ3) is 3.46. The van der Waals surface area contributed by atoms with Crippen LogP contribution in [0.3, 0.4) is 0 Å². The maximum absolute atomic E-state index is 12.2. The smallest absolute Gasteiger partial charge is 0.268 e. The van der Waals surface area contributed by atoms with Gasteiger partial charge in [0.25, 0.3) is 11.2 Å². The van der Waals surface area contributed by atoms with Gasteiger partial charge in [-0.25, -0.2) is 4.68 Å². The standard InChI is InChI=1S/C21H15N3O3/c25-21-12-11-20(18-8-7-16-3-1-2-4-17(16)13-18)22-23(21)14-15-5-9-19(10-6-15)24(26)27/h1-13H,14H2. The molecule has 0 bridgehead atoms. The molecule has 0 amide bonds. The van der Waals surface area contributed by atoms with E-state index >= 15 is 0 Å². The van der Waals surface area contributed by atoms with Crippen molar-refractivity contribution in [3.05, 3.63) is 105 Å². The van der Waals surface area contributed by atoms with E-state index in [4.69, 9.17) is 0 Å². The van der Waals surface area contributed by atoms with E-state index in [1.54, 1.807) is 18.2 Å². The summed E-state index contributed by atoms with van der Waals surface area (Å²) in [5, 5.41) is 17.5. The Kier molecular flexibility index (Phi) is 4.22. The fourth-order valence-corrected chi connectivity index (χ4v) is 2.96. The molecular formula is C21H15N3O3. The second-order valence-electron chi connectivity index (χ2n) is 6.20. The van der Waals surface area contributed by atoms with E-state index in [9.17, 15) is 14.9 Å². The summed E-state index contributed by atoms with van der Waals surface area (Å²) in [4.78, 5) is 22.5. The lowest BCUT2D eigenvalue weighted by Crippen LogP contribution is -2.22. The first-order valence-corrected chi connectivity index (χ1v) is 8.41. The number of rotatable bonds is 4. The lowest BCUT2D eigenvalue weighted by Gasteiger charge is -2.08. The van der Waals surface area contributed by atoms with Gasteiger partial charge in [-0.05, 0) is 28.5 Å². The van der Waals surface area contributed by atoms with Gasteiger partial charge in [0.1, 0.15) is 0 Å². The van der Waals surface area contributed by atoms with E-state index in [2.05, 4.69) is 5.10 Å². The Morgan fingerprint density at radius 3 is 2.37 bits per heavy atom. The van der Waals surface area contributed by atoms with Crippen LogP contribution >= 0.6 is 0 Å². The van der Waals surface area contributed by atoms with Crippen molar-refractivity contribution in [2.45, 2.75) is 6.54 Å². The largest absolute Gasteiger partial charge is 0.269 e. The highest BCUT2D eigenvalue weighted by molar-refractivity contribution is 5.86. The fourth-order valence-electron chi connectivity index (χ4n) is 2.96. The van der Waals surface area contributed by atoms with Crippen LogP contribution in [0.15, 0.2) is 83.7 Å². The number of nitrogens with zero attached hydrogens (tertiary/aromatic N) is 3. The summed E-state index contributed by atoms with van der Waals surface area (Å²) in [6.45, 7) is 0.248. The molecule has 1 heterocycles. The monoisotopic (exact) mass is 357 g/mol. The van der Waals surface area contributed by atoms with Gasteiger partial charge in [0.2, 0.25) is 0 Å². The van der Waals surface area contributed by atoms with Gasteiger partial charge in [-0.1, -0.05) is 48.5 Å². The van der Waals surface area contributed by atoms with Gasteiger partial charge in [-0.2, -0.15) is 5.10 Å². The summed E-state index contributed by atoms with van der Waals surface area (Å²) in [5.41, 5.74) is 2.18. The summed E-state index contributed by atoms with van der Waals surface area (Å²) in [6.07, 6.45) is 0. The van der Waals surface area contributed by atoms with Crippen LogP contribution in [0.5, 0.6) is 0 Å². The molecule has 4 aromatic rings. The van der Waals surface area contributed by atoms with Crippen LogP contribution in [-0.2, 0) is 6.54 Å². The first-order chi connectivity index (χ1) is 13.1. The van der Waals surface area contributed by atoms with Gasteiger partial charge in [0, 0.05) is 23.8 Å². The number of fused-ring (bicyclic) bond motifs is 1. The maximum atomic E-state index is 12.2. The summed E-state index contributed by atoms with van der Waals surface area (Å²) < 4.78 is 1.37. The molecule has 0 aliphatic heterocycles. The first-order valence-electron chi connectivity index (χ1n) is 8.41. The molecule has 0 unspecified atom stereocenters. The lowest BCUT2D eigenvalue weighted by atomic mass is 10.1. The molecule has 0 saturated heterocycles. The number of hydrogen-bond acceptors (Lipinski definition) is 4. The second-order valence-corrected chi connectivity index (χ2v) is 6.20. The first kappa shape index (κ1) is 16.7. The number of nitro benzene ring substituents is 1. The van der Waals surface area contributed by atoms with Crippen molar-refractivity contribution in [2.75, 3.05) is 0 Å². The third-order valence-corrected chi connectivity index (χ3v) is 4.39. The number of nitro groups is 1. The predicted molar refractivity (Wildman–Crippen MR) is 104 cm³/mol. The molecule has 6 heteroatoms. The van der Waals surface area contributed by atoms with Gasteiger partial charge >= 0.3 is 0 Å². The lowest BCUT2D eigenvalue weighted by molar-refractivity contribution is -0.384. The molecule has 0 aliphatic rings.